The summed E-state index contributed by atoms with van der Waals surface area (Å²) in [6.07, 6.45) is 6.62. The molecule has 5 rings (SSSR count). The van der Waals surface area contributed by atoms with E-state index < -0.39 is 0 Å². The third kappa shape index (κ3) is 2.59. The number of fused-ring (bicyclic) bond motifs is 3. The number of aryl methyl sites for hydroxylation is 1. The van der Waals surface area contributed by atoms with Crippen molar-refractivity contribution in [2.75, 3.05) is 0 Å². The van der Waals surface area contributed by atoms with Gasteiger partial charge >= 0.3 is 0 Å². The number of aliphatic imine (C=N–C) groups is 1. The molecule has 0 amide bonds. The Morgan fingerprint density at radius 1 is 0.769 bits per heavy atom. The SMILES string of the molecule is C(=N\c1c2c(nc3ccccc13)CCCC2)/c1cccc2ccccc12. The predicted octanol–water partition coefficient (Wildman–Crippen LogP) is 6.02. The highest BCUT2D eigenvalue weighted by atomic mass is 14.8. The van der Waals surface area contributed by atoms with E-state index in [1.165, 1.54) is 34.9 Å². The molecular formula is C24H20N2. The zero-order valence-corrected chi connectivity index (χ0v) is 14.7. The fourth-order valence-corrected chi connectivity index (χ4v) is 3.99. The Balaban J connectivity index is 1.70. The van der Waals surface area contributed by atoms with E-state index >= 15 is 0 Å². The van der Waals surface area contributed by atoms with Gasteiger partial charge in [0.05, 0.1) is 11.2 Å². The molecule has 0 radical (unpaired) electrons. The second-order valence-corrected chi connectivity index (χ2v) is 6.94. The molecule has 0 bridgehead atoms. The summed E-state index contributed by atoms with van der Waals surface area (Å²) in [7, 11) is 0. The molecule has 0 saturated heterocycles. The smallest absolute Gasteiger partial charge is 0.0774 e. The van der Waals surface area contributed by atoms with Crippen molar-refractivity contribution in [1.29, 1.82) is 0 Å². The van der Waals surface area contributed by atoms with Gasteiger partial charge in [0.25, 0.3) is 0 Å². The minimum atomic E-state index is 1.05. The van der Waals surface area contributed by atoms with Gasteiger partial charge in [-0.1, -0.05) is 60.7 Å². The molecule has 0 fully saturated rings. The van der Waals surface area contributed by atoms with Crippen LogP contribution in [-0.4, -0.2) is 11.2 Å². The molecule has 1 aliphatic rings. The number of nitrogens with zero attached hydrogens (tertiary/aromatic N) is 2. The van der Waals surface area contributed by atoms with Crippen molar-refractivity contribution in [3.05, 3.63) is 83.6 Å². The van der Waals surface area contributed by atoms with Crippen LogP contribution >= 0.6 is 0 Å². The van der Waals surface area contributed by atoms with Gasteiger partial charge < -0.3 is 0 Å². The van der Waals surface area contributed by atoms with Crippen LogP contribution in [0.4, 0.5) is 5.69 Å². The zero-order valence-electron chi connectivity index (χ0n) is 14.7. The number of pyridine rings is 1. The second-order valence-electron chi connectivity index (χ2n) is 6.94. The van der Waals surface area contributed by atoms with Crippen molar-refractivity contribution in [2.45, 2.75) is 25.7 Å². The third-order valence-electron chi connectivity index (χ3n) is 5.30. The molecule has 0 N–H and O–H groups in total. The lowest BCUT2D eigenvalue weighted by Crippen LogP contribution is -2.06. The van der Waals surface area contributed by atoms with Crippen LogP contribution in [0.5, 0.6) is 0 Å². The molecular weight excluding hydrogens is 316 g/mol. The van der Waals surface area contributed by atoms with Crippen LogP contribution < -0.4 is 0 Å². The van der Waals surface area contributed by atoms with Crippen molar-refractivity contribution < 1.29 is 0 Å². The maximum absolute atomic E-state index is 5.00. The Kier molecular flexibility index (Phi) is 3.75. The van der Waals surface area contributed by atoms with Gasteiger partial charge in [-0.25, -0.2) is 0 Å². The van der Waals surface area contributed by atoms with Gasteiger partial charge in [0.15, 0.2) is 0 Å². The van der Waals surface area contributed by atoms with E-state index in [0.717, 1.165) is 35.0 Å². The Hall–Kier alpha value is -3.00. The molecule has 0 aliphatic heterocycles. The topological polar surface area (TPSA) is 25.2 Å². The van der Waals surface area contributed by atoms with E-state index in [-0.39, 0.29) is 0 Å². The number of benzene rings is 3. The molecule has 1 heterocycles. The molecule has 0 atom stereocenters. The van der Waals surface area contributed by atoms with Crippen molar-refractivity contribution in [1.82, 2.24) is 4.98 Å². The first-order chi connectivity index (χ1) is 12.9. The van der Waals surface area contributed by atoms with E-state index in [9.17, 15) is 0 Å². The predicted molar refractivity (Wildman–Crippen MR) is 110 cm³/mol. The standard InChI is InChI=1S/C24H20N2/c1-2-11-19-17(8-1)9-7-10-18(19)16-25-24-20-12-3-5-14-22(20)26-23-15-6-4-13-21(23)24/h1-3,5,7-12,14,16H,4,6,13,15H2/b25-16+. The van der Waals surface area contributed by atoms with Gasteiger partial charge in [-0.3, -0.25) is 9.98 Å². The number of para-hydroxylation sites is 1. The van der Waals surface area contributed by atoms with E-state index in [4.69, 9.17) is 9.98 Å². The average Bonchev–Trinajstić information content (AvgIpc) is 2.71. The van der Waals surface area contributed by atoms with Gasteiger partial charge in [-0.2, -0.15) is 0 Å². The minimum Gasteiger partial charge on any atom is -0.255 e. The summed E-state index contributed by atoms with van der Waals surface area (Å²) in [5, 5.41) is 3.65. The summed E-state index contributed by atoms with van der Waals surface area (Å²) in [5.74, 6) is 0. The largest absolute Gasteiger partial charge is 0.255 e. The second kappa shape index (κ2) is 6.38. The van der Waals surface area contributed by atoms with Crippen molar-refractivity contribution in [3.63, 3.8) is 0 Å². The maximum Gasteiger partial charge on any atom is 0.0774 e. The Labute approximate surface area is 153 Å². The van der Waals surface area contributed by atoms with Gasteiger partial charge in [-0.05, 0) is 48.1 Å². The molecule has 3 aromatic carbocycles. The van der Waals surface area contributed by atoms with Gasteiger partial charge in [0, 0.05) is 22.9 Å². The molecule has 0 unspecified atom stereocenters. The Morgan fingerprint density at radius 2 is 1.54 bits per heavy atom. The van der Waals surface area contributed by atoms with Crippen LogP contribution in [0.1, 0.15) is 29.7 Å². The lowest BCUT2D eigenvalue weighted by molar-refractivity contribution is 0.672. The number of rotatable bonds is 2. The summed E-state index contributed by atoms with van der Waals surface area (Å²) >= 11 is 0. The maximum atomic E-state index is 5.00. The number of hydrogen-bond acceptors (Lipinski definition) is 2. The molecule has 1 aromatic heterocycles. The Bertz CT molecular complexity index is 1140. The van der Waals surface area contributed by atoms with Crippen molar-refractivity contribution >= 4 is 33.6 Å². The summed E-state index contributed by atoms with van der Waals surface area (Å²) in [4.78, 5) is 9.91. The van der Waals surface area contributed by atoms with Crippen molar-refractivity contribution in [2.24, 2.45) is 4.99 Å². The molecule has 2 heteroatoms. The third-order valence-corrected chi connectivity index (χ3v) is 5.30. The van der Waals surface area contributed by atoms with Gasteiger partial charge in [0.2, 0.25) is 0 Å². The zero-order chi connectivity index (χ0) is 17.3. The number of hydrogen-bond donors (Lipinski definition) is 0. The van der Waals surface area contributed by atoms with E-state index in [0.29, 0.717) is 0 Å². The van der Waals surface area contributed by atoms with Crippen LogP contribution in [-0.2, 0) is 12.8 Å². The quantitative estimate of drug-likeness (QED) is 0.411. The highest BCUT2D eigenvalue weighted by Gasteiger charge is 2.17. The van der Waals surface area contributed by atoms with Crippen molar-refractivity contribution in [3.8, 4) is 0 Å². The highest BCUT2D eigenvalue weighted by Crippen LogP contribution is 2.35. The van der Waals surface area contributed by atoms with Crippen LogP contribution in [0.25, 0.3) is 21.7 Å². The molecule has 0 spiro atoms. The summed E-state index contributed by atoms with van der Waals surface area (Å²) in [6, 6.07) is 23.3. The lowest BCUT2D eigenvalue weighted by Gasteiger charge is -2.18. The fraction of sp³-hybridized carbons (Fsp3) is 0.167. The van der Waals surface area contributed by atoms with Crippen LogP contribution in [0.15, 0.2) is 71.7 Å². The van der Waals surface area contributed by atoms with Crippen LogP contribution in [0.2, 0.25) is 0 Å². The first-order valence-electron chi connectivity index (χ1n) is 9.32. The molecule has 4 aromatic rings. The summed E-state index contributed by atoms with van der Waals surface area (Å²) < 4.78 is 0. The van der Waals surface area contributed by atoms with Crippen LogP contribution in [0.3, 0.4) is 0 Å². The Morgan fingerprint density at radius 3 is 2.50 bits per heavy atom. The average molecular weight is 336 g/mol. The monoisotopic (exact) mass is 336 g/mol. The molecule has 2 nitrogen and oxygen atoms in total. The van der Waals surface area contributed by atoms with E-state index in [1.54, 1.807) is 0 Å². The van der Waals surface area contributed by atoms with Gasteiger partial charge in [-0.15, -0.1) is 0 Å². The molecule has 26 heavy (non-hydrogen) atoms. The number of aromatic nitrogens is 1. The highest BCUT2D eigenvalue weighted by molar-refractivity contribution is 6.02. The first-order valence-corrected chi connectivity index (χ1v) is 9.32. The molecule has 126 valence electrons. The molecule has 1 aliphatic carbocycles. The molecule has 0 saturated carbocycles. The van der Waals surface area contributed by atoms with E-state index in [2.05, 4.69) is 66.7 Å². The van der Waals surface area contributed by atoms with Crippen LogP contribution in [0, 0.1) is 0 Å². The first kappa shape index (κ1) is 15.3. The van der Waals surface area contributed by atoms with E-state index in [1.807, 2.05) is 6.21 Å². The summed E-state index contributed by atoms with van der Waals surface area (Å²) in [6.45, 7) is 0. The normalized spacial score (nSPS) is 14.2. The lowest BCUT2D eigenvalue weighted by atomic mass is 9.93. The summed E-state index contributed by atoms with van der Waals surface area (Å²) in [5.41, 5.74) is 5.90. The fourth-order valence-electron chi connectivity index (χ4n) is 3.99. The minimum absolute atomic E-state index is 1.05. The van der Waals surface area contributed by atoms with Gasteiger partial charge in [0.1, 0.15) is 0 Å².